The molecule has 2 saturated heterocycles. The molecule has 0 aromatic heterocycles. The zero-order valence-corrected chi connectivity index (χ0v) is 8.75. The number of aliphatic hydroxyl groups is 2. The van der Waals surface area contributed by atoms with E-state index in [4.69, 9.17) is 24.1 Å². The molecule has 15 heavy (non-hydrogen) atoms. The fraction of sp³-hybridized carbons (Fsp3) is 1.00. The van der Waals surface area contributed by atoms with E-state index in [1.54, 1.807) is 13.8 Å². The number of hydrogen-bond donors (Lipinski definition) is 2. The third kappa shape index (κ3) is 2.01. The molecule has 0 radical (unpaired) electrons. The second kappa shape index (κ2) is 3.97. The van der Waals surface area contributed by atoms with Gasteiger partial charge in [-0.25, -0.2) is 0 Å². The van der Waals surface area contributed by atoms with E-state index in [-0.39, 0.29) is 19.3 Å². The molecular weight excluding hydrogens is 204 g/mol. The van der Waals surface area contributed by atoms with Crippen LogP contribution in [-0.2, 0) is 18.9 Å². The summed E-state index contributed by atoms with van der Waals surface area (Å²) in [7, 11) is 0. The minimum Gasteiger partial charge on any atom is -0.394 e. The normalized spacial score (nSPS) is 49.6. The van der Waals surface area contributed by atoms with Crippen molar-refractivity contribution in [1.82, 2.24) is 0 Å². The molecule has 88 valence electrons. The first kappa shape index (κ1) is 11.3. The van der Waals surface area contributed by atoms with Gasteiger partial charge in [-0.05, 0) is 6.92 Å². The highest BCUT2D eigenvalue weighted by molar-refractivity contribution is 4.88. The second-order valence-corrected chi connectivity index (χ2v) is 3.84. The number of hydrogen-bond acceptors (Lipinski definition) is 6. The summed E-state index contributed by atoms with van der Waals surface area (Å²) in [5, 5.41) is 18.4. The number of rotatable bonds is 3. The lowest BCUT2D eigenvalue weighted by atomic mass is 10.1. The van der Waals surface area contributed by atoms with E-state index >= 15 is 0 Å². The average Bonchev–Trinajstić information content (AvgIpc) is 2.46. The maximum atomic E-state index is 9.78. The van der Waals surface area contributed by atoms with Gasteiger partial charge in [0.15, 0.2) is 6.29 Å². The monoisotopic (exact) mass is 220 g/mol. The average molecular weight is 220 g/mol. The van der Waals surface area contributed by atoms with Gasteiger partial charge >= 0.3 is 0 Å². The molecular formula is C9H16O6. The molecule has 0 aromatic carbocycles. The van der Waals surface area contributed by atoms with E-state index in [0.29, 0.717) is 0 Å². The summed E-state index contributed by atoms with van der Waals surface area (Å²) in [5.74, 6) is -1.15. The van der Waals surface area contributed by atoms with Gasteiger partial charge in [0.25, 0.3) is 5.97 Å². The summed E-state index contributed by atoms with van der Waals surface area (Å²) >= 11 is 0. The summed E-state index contributed by atoms with van der Waals surface area (Å²) in [6.07, 6.45) is -2.41. The molecule has 0 amide bonds. The van der Waals surface area contributed by atoms with Gasteiger partial charge in [-0.3, -0.25) is 4.74 Å². The molecule has 2 aliphatic rings. The van der Waals surface area contributed by atoms with Gasteiger partial charge in [0, 0.05) is 6.92 Å². The predicted molar refractivity (Wildman–Crippen MR) is 47.7 cm³/mol. The lowest BCUT2D eigenvalue weighted by molar-refractivity contribution is -0.382. The molecule has 6 nitrogen and oxygen atoms in total. The molecule has 2 rings (SSSR count). The molecule has 5 atom stereocenters. The fourth-order valence-corrected chi connectivity index (χ4v) is 1.87. The summed E-state index contributed by atoms with van der Waals surface area (Å²) in [5.41, 5.74) is 0. The quantitative estimate of drug-likeness (QED) is 0.647. The van der Waals surface area contributed by atoms with Crippen molar-refractivity contribution in [1.29, 1.82) is 0 Å². The van der Waals surface area contributed by atoms with Crippen molar-refractivity contribution < 1.29 is 29.2 Å². The Bertz CT molecular complexity index is 235. The Balaban J connectivity index is 2.04. The molecule has 0 aromatic rings. The second-order valence-electron chi connectivity index (χ2n) is 3.84. The van der Waals surface area contributed by atoms with Crippen molar-refractivity contribution in [2.45, 2.75) is 44.4 Å². The van der Waals surface area contributed by atoms with Gasteiger partial charge in [-0.2, -0.15) is 0 Å². The third-order valence-corrected chi connectivity index (χ3v) is 2.54. The van der Waals surface area contributed by atoms with Gasteiger partial charge in [-0.15, -0.1) is 0 Å². The first-order chi connectivity index (χ1) is 7.06. The topological polar surface area (TPSA) is 77.4 Å². The van der Waals surface area contributed by atoms with Gasteiger partial charge in [0.05, 0.1) is 19.3 Å². The summed E-state index contributed by atoms with van der Waals surface area (Å²) in [4.78, 5) is 0. The van der Waals surface area contributed by atoms with Crippen molar-refractivity contribution >= 4 is 0 Å². The highest BCUT2D eigenvalue weighted by Crippen LogP contribution is 2.38. The molecule has 2 aliphatic heterocycles. The van der Waals surface area contributed by atoms with Crippen LogP contribution in [0, 0.1) is 0 Å². The molecule has 0 saturated carbocycles. The minimum absolute atomic E-state index is 0.101. The zero-order valence-electron chi connectivity index (χ0n) is 8.75. The van der Waals surface area contributed by atoms with Gasteiger partial charge < -0.3 is 24.4 Å². The van der Waals surface area contributed by atoms with Crippen LogP contribution < -0.4 is 0 Å². The SMILES string of the molecule is C[C@@H]1OC2(C)OC([C@H](OCCO)O2)[C@@H]1O. The molecule has 2 fully saturated rings. The van der Waals surface area contributed by atoms with Crippen molar-refractivity contribution in [3.8, 4) is 0 Å². The Hall–Kier alpha value is -0.240. The van der Waals surface area contributed by atoms with Gasteiger partial charge in [0.2, 0.25) is 0 Å². The first-order valence-electron chi connectivity index (χ1n) is 5.00. The predicted octanol–water partition coefficient (Wildman–Crippen LogP) is -0.810. The molecule has 6 heteroatoms. The molecule has 2 unspecified atom stereocenters. The van der Waals surface area contributed by atoms with Crippen LogP contribution in [0.4, 0.5) is 0 Å². The minimum atomic E-state index is -1.15. The summed E-state index contributed by atoms with van der Waals surface area (Å²) in [6, 6.07) is 0. The smallest absolute Gasteiger partial charge is 0.283 e. The van der Waals surface area contributed by atoms with E-state index in [9.17, 15) is 5.11 Å². The van der Waals surface area contributed by atoms with Crippen molar-refractivity contribution in [2.75, 3.05) is 13.2 Å². The first-order valence-corrected chi connectivity index (χ1v) is 5.00. The highest BCUT2D eigenvalue weighted by atomic mass is 16.9. The highest BCUT2D eigenvalue weighted by Gasteiger charge is 2.56. The number of aliphatic hydroxyl groups excluding tert-OH is 2. The van der Waals surface area contributed by atoms with E-state index < -0.39 is 24.5 Å². The molecule has 2 bridgehead atoms. The Labute approximate surface area is 87.7 Å². The van der Waals surface area contributed by atoms with Crippen LogP contribution in [0.5, 0.6) is 0 Å². The van der Waals surface area contributed by atoms with Gasteiger partial charge in [0.1, 0.15) is 12.2 Å². The maximum absolute atomic E-state index is 9.78. The molecule has 0 aliphatic carbocycles. The van der Waals surface area contributed by atoms with Crippen LogP contribution in [0.25, 0.3) is 0 Å². The van der Waals surface area contributed by atoms with Crippen LogP contribution in [0.3, 0.4) is 0 Å². The Morgan fingerprint density at radius 1 is 1.33 bits per heavy atom. The summed E-state index contributed by atoms with van der Waals surface area (Å²) in [6.45, 7) is 3.42. The fourth-order valence-electron chi connectivity index (χ4n) is 1.87. The van der Waals surface area contributed by atoms with Crippen molar-refractivity contribution in [3.63, 3.8) is 0 Å². The zero-order chi connectivity index (χ0) is 11.1. The van der Waals surface area contributed by atoms with Gasteiger partial charge in [-0.1, -0.05) is 0 Å². The number of ether oxygens (including phenoxy) is 4. The largest absolute Gasteiger partial charge is 0.394 e. The molecule has 0 spiro atoms. The van der Waals surface area contributed by atoms with Crippen LogP contribution in [0.1, 0.15) is 13.8 Å². The Morgan fingerprint density at radius 3 is 2.73 bits per heavy atom. The molecule has 2 heterocycles. The molecule has 2 N–H and O–H groups in total. The van der Waals surface area contributed by atoms with Crippen molar-refractivity contribution in [2.24, 2.45) is 0 Å². The van der Waals surface area contributed by atoms with E-state index in [1.165, 1.54) is 0 Å². The third-order valence-electron chi connectivity index (χ3n) is 2.54. The van der Waals surface area contributed by atoms with Crippen molar-refractivity contribution in [3.05, 3.63) is 0 Å². The maximum Gasteiger partial charge on any atom is 0.283 e. The Kier molecular flexibility index (Phi) is 2.98. The lowest BCUT2D eigenvalue weighted by Crippen LogP contribution is -2.50. The van der Waals surface area contributed by atoms with Crippen LogP contribution in [-0.4, -0.2) is 54.0 Å². The van der Waals surface area contributed by atoms with E-state index in [2.05, 4.69) is 0 Å². The van der Waals surface area contributed by atoms with E-state index in [1.807, 2.05) is 0 Å². The van der Waals surface area contributed by atoms with Crippen LogP contribution in [0.2, 0.25) is 0 Å². The number of fused-ring (bicyclic) bond motifs is 2. The Morgan fingerprint density at radius 2 is 2.07 bits per heavy atom. The van der Waals surface area contributed by atoms with Crippen LogP contribution in [0.15, 0.2) is 0 Å². The lowest BCUT2D eigenvalue weighted by Gasteiger charge is -2.34. The standard InChI is InChI=1S/C9H16O6/c1-5-6(11)7-8(12-4-3-10)15-9(2,13-5)14-7/h5-8,10-11H,3-4H2,1-2H3/t5-,6+,7?,8+,9?/m0/s1. The summed E-state index contributed by atoms with van der Waals surface area (Å²) < 4.78 is 21.3. The van der Waals surface area contributed by atoms with E-state index in [0.717, 1.165) is 0 Å². The van der Waals surface area contributed by atoms with Crippen LogP contribution >= 0.6 is 0 Å².